The van der Waals surface area contributed by atoms with Gasteiger partial charge < -0.3 is 14.2 Å². The highest BCUT2D eigenvalue weighted by Gasteiger charge is 2.19. The van der Waals surface area contributed by atoms with Crippen molar-refractivity contribution in [2.24, 2.45) is 0 Å². The summed E-state index contributed by atoms with van der Waals surface area (Å²) in [4.78, 5) is 38.4. The van der Waals surface area contributed by atoms with Crippen LogP contribution in [0, 0.1) is 0 Å². The van der Waals surface area contributed by atoms with Crippen LogP contribution in [0.5, 0.6) is 0 Å². The summed E-state index contributed by atoms with van der Waals surface area (Å²) in [6, 6.07) is 0. The van der Waals surface area contributed by atoms with Gasteiger partial charge in [-0.05, 0) is 135 Å². The lowest BCUT2D eigenvalue weighted by Gasteiger charge is -2.18. The van der Waals surface area contributed by atoms with Crippen LogP contribution >= 0.6 is 0 Å². The molecule has 0 aromatic carbocycles. The van der Waals surface area contributed by atoms with Crippen LogP contribution in [0.1, 0.15) is 310 Å². The Morgan fingerprint density at radius 1 is 0.256 bits per heavy atom. The van der Waals surface area contributed by atoms with Crippen molar-refractivity contribution >= 4 is 17.9 Å². The number of ether oxygens (including phenoxy) is 3. The fourth-order valence-corrected chi connectivity index (χ4v) is 9.32. The van der Waals surface area contributed by atoms with E-state index in [2.05, 4.69) is 154 Å². The van der Waals surface area contributed by atoms with Crippen LogP contribution in [0.3, 0.4) is 0 Å². The second-order valence-corrected chi connectivity index (χ2v) is 22.3. The average Bonchev–Trinajstić information content (AvgIpc) is 3.47. The van der Waals surface area contributed by atoms with Crippen LogP contribution in [-0.4, -0.2) is 37.2 Å². The lowest BCUT2D eigenvalue weighted by molar-refractivity contribution is -0.167. The molecule has 0 bridgehead atoms. The summed E-state index contributed by atoms with van der Waals surface area (Å²) in [5, 5.41) is 0. The van der Waals surface area contributed by atoms with E-state index in [-0.39, 0.29) is 37.5 Å². The predicted octanol–water partition coefficient (Wildman–Crippen LogP) is 23.7. The van der Waals surface area contributed by atoms with Crippen molar-refractivity contribution in [2.75, 3.05) is 13.2 Å². The van der Waals surface area contributed by atoms with Gasteiger partial charge in [0.05, 0.1) is 0 Å². The maximum absolute atomic E-state index is 12.9. The normalized spacial score (nSPS) is 13.0. The summed E-state index contributed by atoms with van der Waals surface area (Å²) in [6.45, 7) is 6.38. The van der Waals surface area contributed by atoms with Crippen molar-refractivity contribution in [3.63, 3.8) is 0 Å². The fraction of sp³-hybridized carbons (Fsp3) is 0.671. The highest BCUT2D eigenvalue weighted by Crippen LogP contribution is 2.16. The van der Waals surface area contributed by atoms with Gasteiger partial charge in [-0.15, -0.1) is 0 Å². The molecule has 0 spiro atoms. The van der Waals surface area contributed by atoms with E-state index in [1.165, 1.54) is 122 Å². The van der Waals surface area contributed by atoms with Crippen LogP contribution in [0.4, 0.5) is 0 Å². The molecule has 0 N–H and O–H groups in total. The van der Waals surface area contributed by atoms with E-state index < -0.39 is 6.10 Å². The van der Waals surface area contributed by atoms with Crippen molar-refractivity contribution in [2.45, 2.75) is 316 Å². The van der Waals surface area contributed by atoms with Gasteiger partial charge in [-0.25, -0.2) is 0 Å². The number of unbranched alkanes of at least 4 members (excludes halogenated alkanes) is 28. The molecule has 6 nitrogen and oxygen atoms in total. The zero-order valence-corrected chi connectivity index (χ0v) is 53.5. The first-order chi connectivity index (χ1) is 40.5. The van der Waals surface area contributed by atoms with Crippen LogP contribution in [0.2, 0.25) is 0 Å². The van der Waals surface area contributed by atoms with Crippen molar-refractivity contribution in [3.05, 3.63) is 134 Å². The summed E-state index contributed by atoms with van der Waals surface area (Å²) in [5.74, 6) is -0.937. The highest BCUT2D eigenvalue weighted by atomic mass is 16.6. The molecule has 0 aliphatic heterocycles. The van der Waals surface area contributed by atoms with Crippen molar-refractivity contribution in [1.29, 1.82) is 0 Å². The molecule has 0 saturated carbocycles. The van der Waals surface area contributed by atoms with Crippen LogP contribution in [0.25, 0.3) is 0 Å². The lowest BCUT2D eigenvalue weighted by atomic mass is 10.0. The van der Waals surface area contributed by atoms with Gasteiger partial charge in [0.1, 0.15) is 13.2 Å². The molecule has 82 heavy (non-hydrogen) atoms. The number of esters is 3. The van der Waals surface area contributed by atoms with Gasteiger partial charge in [0.2, 0.25) is 0 Å². The van der Waals surface area contributed by atoms with Gasteiger partial charge in [0.25, 0.3) is 0 Å². The van der Waals surface area contributed by atoms with Gasteiger partial charge >= 0.3 is 17.9 Å². The second-order valence-electron chi connectivity index (χ2n) is 22.3. The first-order valence-electron chi connectivity index (χ1n) is 34.2. The predicted molar refractivity (Wildman–Crippen MR) is 357 cm³/mol. The summed E-state index contributed by atoms with van der Waals surface area (Å²) in [7, 11) is 0. The van der Waals surface area contributed by atoms with Gasteiger partial charge in [-0.1, -0.05) is 289 Å². The van der Waals surface area contributed by atoms with Crippen LogP contribution in [-0.2, 0) is 28.6 Å². The number of carbonyl (C=O) groups excluding carboxylic acids is 3. The molecule has 0 aromatic rings. The number of hydrogen-bond donors (Lipinski definition) is 0. The Bertz CT molecular complexity index is 1730. The molecular formula is C76H126O6. The lowest BCUT2D eigenvalue weighted by Crippen LogP contribution is -2.30. The van der Waals surface area contributed by atoms with Crippen LogP contribution in [0.15, 0.2) is 134 Å². The topological polar surface area (TPSA) is 78.9 Å². The minimum atomic E-state index is -0.807. The fourth-order valence-electron chi connectivity index (χ4n) is 9.32. The van der Waals surface area contributed by atoms with E-state index in [4.69, 9.17) is 14.2 Å². The minimum absolute atomic E-state index is 0.0978. The number of hydrogen-bond acceptors (Lipinski definition) is 6. The van der Waals surface area contributed by atoms with Gasteiger partial charge in [-0.3, -0.25) is 14.4 Å². The van der Waals surface area contributed by atoms with Gasteiger partial charge in [-0.2, -0.15) is 0 Å². The van der Waals surface area contributed by atoms with E-state index in [1.807, 2.05) is 0 Å². The molecule has 0 fully saturated rings. The number of rotatable bonds is 61. The van der Waals surface area contributed by atoms with Gasteiger partial charge in [0, 0.05) is 19.3 Å². The Kier molecular flexibility index (Phi) is 65.3. The third-order valence-electron chi connectivity index (χ3n) is 14.4. The Labute approximate surface area is 506 Å². The zero-order valence-electron chi connectivity index (χ0n) is 53.5. The Hall–Kier alpha value is -4.45. The summed E-state index contributed by atoms with van der Waals surface area (Å²) in [6.07, 6.45) is 97.6. The molecule has 0 rings (SSSR count). The Morgan fingerprint density at radius 3 is 0.756 bits per heavy atom. The molecule has 466 valence electrons. The van der Waals surface area contributed by atoms with E-state index >= 15 is 0 Å². The third-order valence-corrected chi connectivity index (χ3v) is 14.4. The minimum Gasteiger partial charge on any atom is -0.462 e. The monoisotopic (exact) mass is 1130 g/mol. The summed E-state index contributed by atoms with van der Waals surface area (Å²) in [5.41, 5.74) is 0. The summed E-state index contributed by atoms with van der Waals surface area (Å²) < 4.78 is 16.9. The molecule has 0 amide bonds. The molecular weight excluding hydrogens is 1010 g/mol. The Morgan fingerprint density at radius 2 is 0.476 bits per heavy atom. The molecule has 6 heteroatoms. The molecule has 1 unspecified atom stereocenters. The molecule has 0 radical (unpaired) electrons. The maximum atomic E-state index is 12.9. The van der Waals surface area contributed by atoms with Crippen molar-refractivity contribution in [1.82, 2.24) is 0 Å². The van der Waals surface area contributed by atoms with E-state index in [9.17, 15) is 14.4 Å². The maximum Gasteiger partial charge on any atom is 0.306 e. The Balaban J connectivity index is 4.35. The SMILES string of the molecule is CC/C=C\C/C=C\C/C=C\C/C=C\C/C=C\CCCCCC(=O)OC(COC(=O)CCCCCCC/C=C\C/C=C\CCCCCC)COC(=O)CCCCCCCCCCCCCCCCCC/C=C\C/C=C\C/C=C\C/C=C\CC. The largest absolute Gasteiger partial charge is 0.462 e. The molecule has 0 saturated heterocycles. The molecule has 0 aliphatic carbocycles. The highest BCUT2D eigenvalue weighted by molar-refractivity contribution is 5.71. The van der Waals surface area contributed by atoms with E-state index in [1.54, 1.807) is 0 Å². The third kappa shape index (κ3) is 66.4. The summed E-state index contributed by atoms with van der Waals surface area (Å²) >= 11 is 0. The number of carbonyl (C=O) groups is 3. The first kappa shape index (κ1) is 77.5. The number of allylic oxidation sites excluding steroid dienone is 22. The smallest absolute Gasteiger partial charge is 0.306 e. The molecule has 0 aliphatic rings. The van der Waals surface area contributed by atoms with Crippen LogP contribution < -0.4 is 0 Å². The molecule has 1 atom stereocenters. The molecule has 0 heterocycles. The standard InChI is InChI=1S/C76H126O6/c1-4-7-10-13-16-19-22-25-28-31-33-34-35-36-37-38-39-40-41-42-44-45-48-51-54-57-60-63-66-69-75(78)81-72-73(71-80-74(77)68-65-62-59-56-53-50-47-30-27-24-21-18-15-12-9-6-3)82-76(79)70-67-64-61-58-55-52-49-46-43-32-29-26-23-20-17-14-11-8-5-2/h7-8,10-11,16-17,19-21,24-26,28-30,33-34,43,46-47,52,55,73H,4-6,9,12-15,18,22-23,27,31-32,35-42,44-45,48-51,53-54,56-72H2,1-3H3/b10-7-,11-8-,19-16-,20-17-,24-21-,28-25-,29-26-,34-33-,46-43-,47-30-,55-52-. The second kappa shape index (κ2) is 69.0. The van der Waals surface area contributed by atoms with Crippen molar-refractivity contribution < 1.29 is 28.6 Å². The zero-order chi connectivity index (χ0) is 59.2. The average molecular weight is 1140 g/mol. The quantitative estimate of drug-likeness (QED) is 0.0261. The first-order valence-corrected chi connectivity index (χ1v) is 34.2. The van der Waals surface area contributed by atoms with E-state index in [0.717, 1.165) is 148 Å². The molecule has 0 aromatic heterocycles. The van der Waals surface area contributed by atoms with Crippen molar-refractivity contribution in [3.8, 4) is 0 Å². The van der Waals surface area contributed by atoms with E-state index in [0.29, 0.717) is 12.8 Å². The van der Waals surface area contributed by atoms with Gasteiger partial charge in [0.15, 0.2) is 6.10 Å².